The Bertz CT molecular complexity index is 814. The van der Waals surface area contributed by atoms with Crippen molar-refractivity contribution in [1.82, 2.24) is 15.2 Å². The average Bonchev–Trinajstić information content (AvgIpc) is 2.89. The van der Waals surface area contributed by atoms with E-state index in [9.17, 15) is 8.42 Å². The molecule has 2 heterocycles. The fraction of sp³-hybridized carbons (Fsp3) is 0.357. The molecule has 0 spiro atoms. The van der Waals surface area contributed by atoms with Crippen molar-refractivity contribution in [2.45, 2.75) is 12.5 Å². The number of hydrogen-bond acceptors (Lipinski definition) is 7. The van der Waals surface area contributed by atoms with Gasteiger partial charge in [0.2, 0.25) is 5.95 Å². The van der Waals surface area contributed by atoms with E-state index in [0.29, 0.717) is 28.9 Å². The monoisotopic (exact) mass is 353 g/mol. The second-order valence-corrected chi connectivity index (χ2v) is 8.05. The van der Waals surface area contributed by atoms with Crippen molar-refractivity contribution in [2.24, 2.45) is 0 Å². The second kappa shape index (κ2) is 6.29. The zero-order chi connectivity index (χ0) is 16.4. The molecule has 1 aromatic carbocycles. The molecule has 0 amide bonds. The molecule has 1 saturated heterocycles. The quantitative estimate of drug-likeness (QED) is 0.897. The lowest BCUT2D eigenvalue weighted by Gasteiger charge is -2.24. The Labute approximate surface area is 139 Å². The lowest BCUT2D eigenvalue weighted by Crippen LogP contribution is -2.33. The maximum Gasteiger partial charge on any atom is 0.249 e. The molecule has 1 atom stereocenters. The number of para-hydroxylation sites is 1. The molecule has 3 rings (SSSR count). The van der Waals surface area contributed by atoms with Gasteiger partial charge >= 0.3 is 0 Å². The Hall–Kier alpha value is -1.93. The molecule has 1 fully saturated rings. The average molecular weight is 354 g/mol. The molecule has 7 nitrogen and oxygen atoms in total. The minimum Gasteiger partial charge on any atom is -0.354 e. The maximum atomic E-state index is 11.6. The van der Waals surface area contributed by atoms with Crippen LogP contribution in [0.3, 0.4) is 0 Å². The van der Waals surface area contributed by atoms with E-state index in [1.165, 1.54) is 6.20 Å². The molecule has 0 radical (unpaired) electrons. The van der Waals surface area contributed by atoms with Crippen LogP contribution in [-0.2, 0) is 9.84 Å². The zero-order valence-electron chi connectivity index (χ0n) is 12.5. The molecular weight excluding hydrogens is 338 g/mol. The minimum absolute atomic E-state index is 0.0927. The first-order valence-electron chi connectivity index (χ1n) is 7.09. The minimum atomic E-state index is -2.95. The van der Waals surface area contributed by atoms with Gasteiger partial charge in [0.1, 0.15) is 0 Å². The molecule has 1 aliphatic rings. The number of hydrogen-bond donors (Lipinski definition) is 1. The van der Waals surface area contributed by atoms with Gasteiger partial charge in [-0.05, 0) is 18.6 Å². The van der Waals surface area contributed by atoms with Gasteiger partial charge < -0.3 is 10.2 Å². The molecule has 1 aromatic heterocycles. The number of sulfone groups is 1. The number of anilines is 3. The summed E-state index contributed by atoms with van der Waals surface area (Å²) in [5, 5.41) is 11.4. The topological polar surface area (TPSA) is 88.1 Å². The van der Waals surface area contributed by atoms with E-state index in [4.69, 9.17) is 11.6 Å². The van der Waals surface area contributed by atoms with Crippen LogP contribution in [0.15, 0.2) is 30.5 Å². The maximum absolute atomic E-state index is 11.6. The van der Waals surface area contributed by atoms with Gasteiger partial charge in [0.15, 0.2) is 15.7 Å². The first-order chi connectivity index (χ1) is 10.9. The number of nitrogens with zero attached hydrogens (tertiary/aromatic N) is 4. The predicted octanol–water partition coefficient (Wildman–Crippen LogP) is 1.89. The van der Waals surface area contributed by atoms with Gasteiger partial charge in [-0.3, -0.25) is 0 Å². The Kier molecular flexibility index (Phi) is 4.36. The van der Waals surface area contributed by atoms with Crippen LogP contribution in [0, 0.1) is 0 Å². The van der Waals surface area contributed by atoms with Gasteiger partial charge in [-0.15, -0.1) is 5.10 Å². The first kappa shape index (κ1) is 15.9. The van der Waals surface area contributed by atoms with Gasteiger partial charge in [0, 0.05) is 13.1 Å². The van der Waals surface area contributed by atoms with Crippen molar-refractivity contribution in [2.75, 3.05) is 28.8 Å². The second-order valence-electron chi connectivity index (χ2n) is 5.41. The highest BCUT2D eigenvalue weighted by Gasteiger charge is 2.31. The molecule has 0 aliphatic carbocycles. The van der Waals surface area contributed by atoms with Gasteiger partial charge in [-0.2, -0.15) is 10.1 Å². The van der Waals surface area contributed by atoms with Crippen LogP contribution < -0.4 is 10.2 Å². The smallest absolute Gasteiger partial charge is 0.249 e. The van der Waals surface area contributed by atoms with E-state index >= 15 is 0 Å². The standard InChI is InChI=1S/C14H16ClN5O2S/c1-20(10-6-7-23(21,22)9-10)13-8-16-19-14(18-13)17-12-5-3-2-4-11(12)15/h2-5,8,10H,6-7,9H2,1H3,(H,17,18,19). The number of halogens is 1. The van der Waals surface area contributed by atoms with Gasteiger partial charge in [-0.1, -0.05) is 23.7 Å². The fourth-order valence-corrected chi connectivity index (χ4v) is 4.43. The SMILES string of the molecule is CN(c1cnnc(Nc2ccccc2Cl)n1)C1CCS(=O)(=O)C1. The van der Waals surface area contributed by atoms with Crippen LogP contribution in [0.5, 0.6) is 0 Å². The van der Waals surface area contributed by atoms with Crippen LogP contribution >= 0.6 is 11.6 Å². The molecule has 1 aliphatic heterocycles. The Balaban J connectivity index is 1.79. The van der Waals surface area contributed by atoms with Crippen molar-refractivity contribution in [3.8, 4) is 0 Å². The van der Waals surface area contributed by atoms with E-state index in [0.717, 1.165) is 0 Å². The summed E-state index contributed by atoms with van der Waals surface area (Å²) in [5.74, 6) is 1.23. The van der Waals surface area contributed by atoms with Crippen LogP contribution in [0.2, 0.25) is 5.02 Å². The Morgan fingerprint density at radius 3 is 2.83 bits per heavy atom. The molecule has 0 bridgehead atoms. The molecule has 1 unspecified atom stereocenters. The molecule has 122 valence electrons. The van der Waals surface area contributed by atoms with Crippen molar-refractivity contribution >= 4 is 38.9 Å². The summed E-state index contributed by atoms with van der Waals surface area (Å²) in [6, 6.07) is 7.16. The normalized spacial score (nSPS) is 19.5. The van der Waals surface area contributed by atoms with E-state index in [-0.39, 0.29) is 17.5 Å². The van der Waals surface area contributed by atoms with E-state index < -0.39 is 9.84 Å². The highest BCUT2D eigenvalue weighted by Crippen LogP contribution is 2.25. The summed E-state index contributed by atoms with van der Waals surface area (Å²) in [5.41, 5.74) is 0.680. The highest BCUT2D eigenvalue weighted by atomic mass is 35.5. The zero-order valence-corrected chi connectivity index (χ0v) is 14.0. The van der Waals surface area contributed by atoms with E-state index in [1.807, 2.05) is 30.1 Å². The van der Waals surface area contributed by atoms with Crippen molar-refractivity contribution < 1.29 is 8.42 Å². The van der Waals surface area contributed by atoms with Crippen molar-refractivity contribution in [3.05, 3.63) is 35.5 Å². The molecule has 23 heavy (non-hydrogen) atoms. The third-order valence-electron chi connectivity index (χ3n) is 3.78. The fourth-order valence-electron chi connectivity index (χ4n) is 2.47. The number of rotatable bonds is 4. The molecule has 0 saturated carbocycles. The van der Waals surface area contributed by atoms with Crippen LogP contribution in [0.1, 0.15) is 6.42 Å². The first-order valence-corrected chi connectivity index (χ1v) is 9.29. The Morgan fingerprint density at radius 1 is 1.35 bits per heavy atom. The van der Waals surface area contributed by atoms with E-state index in [1.54, 1.807) is 6.07 Å². The van der Waals surface area contributed by atoms with Crippen molar-refractivity contribution in [1.29, 1.82) is 0 Å². The van der Waals surface area contributed by atoms with Crippen LogP contribution in [0.4, 0.5) is 17.5 Å². The third kappa shape index (κ3) is 3.70. The lowest BCUT2D eigenvalue weighted by atomic mass is 10.2. The molecule has 1 N–H and O–H groups in total. The molecular formula is C14H16ClN5O2S. The Morgan fingerprint density at radius 2 is 2.13 bits per heavy atom. The summed E-state index contributed by atoms with van der Waals surface area (Å²) in [6.07, 6.45) is 2.11. The van der Waals surface area contributed by atoms with Gasteiger partial charge in [-0.25, -0.2) is 8.42 Å². The van der Waals surface area contributed by atoms with Gasteiger partial charge in [0.05, 0.1) is 28.4 Å². The summed E-state index contributed by atoms with van der Waals surface area (Å²) in [7, 11) is -1.14. The highest BCUT2D eigenvalue weighted by molar-refractivity contribution is 7.91. The molecule has 9 heteroatoms. The lowest BCUT2D eigenvalue weighted by molar-refractivity contribution is 0.600. The predicted molar refractivity (Wildman–Crippen MR) is 90.0 cm³/mol. The van der Waals surface area contributed by atoms with Gasteiger partial charge in [0.25, 0.3) is 0 Å². The third-order valence-corrected chi connectivity index (χ3v) is 5.86. The summed E-state index contributed by atoms with van der Waals surface area (Å²) >= 11 is 6.10. The number of benzene rings is 1. The van der Waals surface area contributed by atoms with Crippen LogP contribution in [-0.4, -0.2) is 48.2 Å². The number of aromatic nitrogens is 3. The summed E-state index contributed by atoms with van der Waals surface area (Å²) < 4.78 is 23.2. The summed E-state index contributed by atoms with van der Waals surface area (Å²) in [4.78, 5) is 6.22. The van der Waals surface area contributed by atoms with E-state index in [2.05, 4.69) is 20.5 Å². The largest absolute Gasteiger partial charge is 0.354 e. The molecule has 2 aromatic rings. The summed E-state index contributed by atoms with van der Waals surface area (Å²) in [6.45, 7) is 0. The number of nitrogens with one attached hydrogen (secondary N) is 1. The van der Waals surface area contributed by atoms with Crippen molar-refractivity contribution in [3.63, 3.8) is 0 Å². The van der Waals surface area contributed by atoms with Crippen LogP contribution in [0.25, 0.3) is 0 Å².